The molecule has 0 aliphatic carbocycles. The Hall–Kier alpha value is -1.43. The number of fused-ring (bicyclic) bond motifs is 1. The van der Waals surface area contributed by atoms with E-state index in [0.717, 1.165) is 18.4 Å². The van der Waals surface area contributed by atoms with Gasteiger partial charge < -0.3 is 9.64 Å². The minimum absolute atomic E-state index is 0.0794. The number of likely N-dealkylation sites (N-methyl/N-ethyl adjacent to an activating group) is 1. The summed E-state index contributed by atoms with van der Waals surface area (Å²) in [5, 5.41) is 0. The van der Waals surface area contributed by atoms with Gasteiger partial charge in [-0.05, 0) is 31.0 Å². The van der Waals surface area contributed by atoms with Crippen LogP contribution in [0.15, 0.2) is 18.2 Å². The Morgan fingerprint density at radius 2 is 2.10 bits per heavy atom. The third-order valence-electron chi connectivity index (χ3n) is 4.23. The van der Waals surface area contributed by atoms with E-state index in [4.69, 9.17) is 4.74 Å². The summed E-state index contributed by atoms with van der Waals surface area (Å²) < 4.78 is 30.2. The second kappa shape index (κ2) is 5.75. The molecule has 1 amide bonds. The number of amides is 1. The number of nitrogens with zero attached hydrogens (tertiary/aromatic N) is 1. The molecule has 1 fully saturated rings. The zero-order valence-electron chi connectivity index (χ0n) is 11.9. The average Bonchev–Trinajstić information content (AvgIpc) is 2.89. The van der Waals surface area contributed by atoms with Gasteiger partial charge in [-0.15, -0.1) is 0 Å². The lowest BCUT2D eigenvalue weighted by atomic mass is 10.1. The number of ether oxygens (including phenoxy) is 1. The maximum Gasteiger partial charge on any atom is 0.263 e. The number of rotatable bonds is 2. The van der Waals surface area contributed by atoms with Crippen LogP contribution in [0.5, 0.6) is 5.75 Å². The van der Waals surface area contributed by atoms with Gasteiger partial charge in [0, 0.05) is 47.4 Å². The molecule has 1 atom stereocenters. The smallest absolute Gasteiger partial charge is 0.263 e. The van der Waals surface area contributed by atoms with Gasteiger partial charge in [-0.3, -0.25) is 9.00 Å². The molecule has 0 N–H and O–H groups in total. The predicted molar refractivity (Wildman–Crippen MR) is 78.2 cm³/mol. The van der Waals surface area contributed by atoms with Gasteiger partial charge in [0.05, 0.1) is 0 Å². The Morgan fingerprint density at radius 1 is 1.38 bits per heavy atom. The molecule has 3 rings (SSSR count). The van der Waals surface area contributed by atoms with Crippen LogP contribution in [0.2, 0.25) is 0 Å². The van der Waals surface area contributed by atoms with E-state index in [9.17, 15) is 13.4 Å². The number of hydrogen-bond donors (Lipinski definition) is 0. The summed E-state index contributed by atoms with van der Waals surface area (Å²) in [5.41, 5.74) is 0.742. The standard InChI is InChI=1S/C15H18FNO3S/c1-17(12-4-6-21(19)7-5-12)15(18)14-9-10-8-11(16)2-3-13(10)20-14/h2-3,8,12,14H,4-7,9H2,1H3/t12?,14-,21?/m1/s1. The quantitative estimate of drug-likeness (QED) is 0.831. The van der Waals surface area contributed by atoms with E-state index in [1.807, 2.05) is 0 Å². The number of carbonyl (C=O) groups is 1. The van der Waals surface area contributed by atoms with Crippen molar-refractivity contribution in [3.8, 4) is 5.75 Å². The lowest BCUT2D eigenvalue weighted by Gasteiger charge is -2.32. The molecule has 0 spiro atoms. The highest BCUT2D eigenvalue weighted by molar-refractivity contribution is 7.85. The zero-order valence-corrected chi connectivity index (χ0v) is 12.7. The molecule has 0 bridgehead atoms. The van der Waals surface area contributed by atoms with E-state index in [-0.39, 0.29) is 17.8 Å². The molecule has 0 saturated carbocycles. The number of carbonyl (C=O) groups excluding carboxylic acids is 1. The maximum absolute atomic E-state index is 13.2. The van der Waals surface area contributed by atoms with E-state index >= 15 is 0 Å². The first-order valence-electron chi connectivity index (χ1n) is 7.11. The van der Waals surface area contributed by atoms with Gasteiger partial charge >= 0.3 is 0 Å². The molecule has 2 aliphatic rings. The monoisotopic (exact) mass is 311 g/mol. The van der Waals surface area contributed by atoms with Gasteiger partial charge in [-0.2, -0.15) is 0 Å². The lowest BCUT2D eigenvalue weighted by molar-refractivity contribution is -0.138. The van der Waals surface area contributed by atoms with E-state index in [0.29, 0.717) is 23.7 Å². The van der Waals surface area contributed by atoms with E-state index < -0.39 is 16.9 Å². The van der Waals surface area contributed by atoms with Gasteiger partial charge in [0.15, 0.2) is 6.10 Å². The Kier molecular flexibility index (Phi) is 3.97. The molecule has 1 aromatic rings. The third kappa shape index (κ3) is 2.95. The highest BCUT2D eigenvalue weighted by Crippen LogP contribution is 2.30. The van der Waals surface area contributed by atoms with Crippen LogP contribution < -0.4 is 4.74 Å². The van der Waals surface area contributed by atoms with Crippen LogP contribution in [0.25, 0.3) is 0 Å². The first-order chi connectivity index (χ1) is 10.0. The van der Waals surface area contributed by atoms with Crippen LogP contribution in [0.3, 0.4) is 0 Å². The van der Waals surface area contributed by atoms with Crippen LogP contribution in [0.4, 0.5) is 4.39 Å². The largest absolute Gasteiger partial charge is 0.480 e. The molecule has 2 aliphatic heterocycles. The molecular weight excluding hydrogens is 293 g/mol. The summed E-state index contributed by atoms with van der Waals surface area (Å²) in [6.07, 6.45) is 1.38. The maximum atomic E-state index is 13.2. The third-order valence-corrected chi connectivity index (χ3v) is 5.61. The second-order valence-electron chi connectivity index (χ2n) is 5.59. The van der Waals surface area contributed by atoms with Crippen molar-refractivity contribution >= 4 is 16.7 Å². The Morgan fingerprint density at radius 3 is 2.81 bits per heavy atom. The fraction of sp³-hybridized carbons (Fsp3) is 0.533. The molecular formula is C15H18FNO3S. The van der Waals surface area contributed by atoms with Gasteiger partial charge in [-0.1, -0.05) is 0 Å². The van der Waals surface area contributed by atoms with Crippen LogP contribution >= 0.6 is 0 Å². The van der Waals surface area contributed by atoms with Crippen molar-refractivity contribution in [3.05, 3.63) is 29.6 Å². The van der Waals surface area contributed by atoms with Crippen molar-refractivity contribution in [3.63, 3.8) is 0 Å². The first kappa shape index (κ1) is 14.5. The summed E-state index contributed by atoms with van der Waals surface area (Å²) in [6, 6.07) is 4.46. The van der Waals surface area contributed by atoms with Crippen molar-refractivity contribution in [2.24, 2.45) is 0 Å². The first-order valence-corrected chi connectivity index (χ1v) is 8.60. The normalized spacial score (nSPS) is 27.8. The summed E-state index contributed by atoms with van der Waals surface area (Å²) in [7, 11) is 1.03. The second-order valence-corrected chi connectivity index (χ2v) is 7.29. The number of hydrogen-bond acceptors (Lipinski definition) is 3. The van der Waals surface area contributed by atoms with Crippen LogP contribution in [-0.4, -0.2) is 45.7 Å². The highest BCUT2D eigenvalue weighted by Gasteiger charge is 2.34. The van der Waals surface area contributed by atoms with Gasteiger partial charge in [0.1, 0.15) is 11.6 Å². The minimum Gasteiger partial charge on any atom is -0.480 e. The molecule has 1 aromatic carbocycles. The summed E-state index contributed by atoms with van der Waals surface area (Å²) in [6.45, 7) is 0. The van der Waals surface area contributed by atoms with E-state index in [1.165, 1.54) is 12.1 Å². The molecule has 21 heavy (non-hydrogen) atoms. The summed E-state index contributed by atoms with van der Waals surface area (Å²) in [5.74, 6) is 1.50. The fourth-order valence-electron chi connectivity index (χ4n) is 2.93. The topological polar surface area (TPSA) is 46.6 Å². The molecule has 4 nitrogen and oxygen atoms in total. The Bertz CT molecular complexity index is 582. The van der Waals surface area contributed by atoms with Crippen molar-refractivity contribution in [1.82, 2.24) is 4.90 Å². The summed E-state index contributed by atoms with van der Waals surface area (Å²) >= 11 is 0. The van der Waals surface area contributed by atoms with E-state index in [1.54, 1.807) is 18.0 Å². The Labute approximate surface area is 125 Å². The zero-order chi connectivity index (χ0) is 15.0. The van der Waals surface area contributed by atoms with Crippen LogP contribution in [0, 0.1) is 5.82 Å². The van der Waals surface area contributed by atoms with Crippen molar-refractivity contribution < 1.29 is 18.1 Å². The van der Waals surface area contributed by atoms with Crippen molar-refractivity contribution in [2.75, 3.05) is 18.6 Å². The molecule has 0 aromatic heterocycles. The number of benzene rings is 1. The molecule has 0 unspecified atom stereocenters. The lowest BCUT2D eigenvalue weighted by Crippen LogP contribution is -2.46. The van der Waals surface area contributed by atoms with Crippen LogP contribution in [-0.2, 0) is 22.0 Å². The van der Waals surface area contributed by atoms with Crippen LogP contribution in [0.1, 0.15) is 18.4 Å². The molecule has 6 heteroatoms. The van der Waals surface area contributed by atoms with E-state index in [2.05, 4.69) is 0 Å². The molecule has 114 valence electrons. The van der Waals surface area contributed by atoms with Crippen molar-refractivity contribution in [2.45, 2.75) is 31.4 Å². The number of halogens is 1. The minimum atomic E-state index is -0.739. The predicted octanol–water partition coefficient (Wildman–Crippen LogP) is 1.50. The summed E-state index contributed by atoms with van der Waals surface area (Å²) in [4.78, 5) is 14.2. The highest BCUT2D eigenvalue weighted by atomic mass is 32.2. The average molecular weight is 311 g/mol. The van der Waals surface area contributed by atoms with Gasteiger partial charge in [-0.25, -0.2) is 4.39 Å². The van der Waals surface area contributed by atoms with Crippen molar-refractivity contribution in [1.29, 1.82) is 0 Å². The van der Waals surface area contributed by atoms with Gasteiger partial charge in [0.2, 0.25) is 0 Å². The Balaban J connectivity index is 1.65. The molecule has 2 heterocycles. The SMILES string of the molecule is CN(C(=O)[C@H]1Cc2cc(F)ccc2O1)C1CCS(=O)CC1. The molecule has 1 saturated heterocycles. The fourth-order valence-corrected chi connectivity index (χ4v) is 4.20. The van der Waals surface area contributed by atoms with Gasteiger partial charge in [0.25, 0.3) is 5.91 Å². The molecule has 0 radical (unpaired) electrons.